The largest absolute Gasteiger partial charge is 0.389 e. The number of rotatable bonds is 8. The number of hydrogen-bond acceptors (Lipinski definition) is 2. The summed E-state index contributed by atoms with van der Waals surface area (Å²) in [4.78, 5) is 0. The van der Waals surface area contributed by atoms with Gasteiger partial charge in [-0.3, -0.25) is 0 Å². The van der Waals surface area contributed by atoms with E-state index < -0.39 is 29.9 Å². The fraction of sp³-hybridized carbons (Fsp3) is 0.480. The summed E-state index contributed by atoms with van der Waals surface area (Å²) in [6.07, 6.45) is 1.96. The maximum absolute atomic E-state index is 14.6. The van der Waals surface area contributed by atoms with E-state index in [9.17, 15) is 17.6 Å². The van der Waals surface area contributed by atoms with Crippen LogP contribution in [0.3, 0.4) is 0 Å². The maximum atomic E-state index is 14.6. The quantitative estimate of drug-likeness (QED) is 0.412. The van der Waals surface area contributed by atoms with Crippen LogP contribution in [0.1, 0.15) is 73.6 Å². The van der Waals surface area contributed by atoms with Gasteiger partial charge in [0.25, 0.3) is 0 Å². The molecule has 31 heavy (non-hydrogen) atoms. The molecule has 2 aromatic carbocycles. The van der Waals surface area contributed by atoms with Crippen LogP contribution < -0.4 is 0 Å². The highest BCUT2D eigenvalue weighted by Gasteiger charge is 2.40. The third-order valence-electron chi connectivity index (χ3n) is 6.13. The summed E-state index contributed by atoms with van der Waals surface area (Å²) in [5.74, 6) is -1.90. The van der Waals surface area contributed by atoms with Crippen molar-refractivity contribution in [2.75, 3.05) is 6.61 Å². The molecule has 0 bridgehead atoms. The number of hydrogen-bond donors (Lipinski definition) is 0. The van der Waals surface area contributed by atoms with Gasteiger partial charge in [0.05, 0.1) is 18.2 Å². The summed E-state index contributed by atoms with van der Waals surface area (Å²) in [5.41, 5.74) is 0.251. The molecule has 0 amide bonds. The normalized spacial score (nSPS) is 19.2. The molecule has 1 aliphatic carbocycles. The molecule has 166 valence electrons. The van der Waals surface area contributed by atoms with Crippen molar-refractivity contribution in [3.63, 3.8) is 0 Å². The molecule has 0 N–H and O–H groups in total. The molecule has 1 fully saturated rings. The minimum absolute atomic E-state index is 0.00270. The number of nitrogens with zero attached hydrogens (tertiary/aromatic N) is 1. The molecule has 0 spiro atoms. The molecule has 1 aliphatic rings. The van der Waals surface area contributed by atoms with E-state index in [0.717, 1.165) is 50.7 Å². The van der Waals surface area contributed by atoms with E-state index in [1.54, 1.807) is 24.3 Å². The minimum atomic E-state index is -4.07. The lowest BCUT2D eigenvalue weighted by Crippen LogP contribution is -2.24. The Hall–Kier alpha value is -2.39. The average Bonchev–Trinajstić information content (AvgIpc) is 2.74. The van der Waals surface area contributed by atoms with E-state index in [2.05, 4.69) is 11.7 Å². The molecule has 6 heteroatoms. The highest BCUT2D eigenvalue weighted by atomic mass is 19.3. The van der Waals surface area contributed by atoms with Crippen molar-refractivity contribution < 1.29 is 22.3 Å². The van der Waals surface area contributed by atoms with E-state index >= 15 is 0 Å². The fourth-order valence-electron chi connectivity index (χ4n) is 4.41. The van der Waals surface area contributed by atoms with Gasteiger partial charge >= 0.3 is 6.11 Å². The number of halogens is 4. The summed E-state index contributed by atoms with van der Waals surface area (Å²) in [6.45, 7) is 1.73. The molecule has 0 radical (unpaired) electrons. The average molecular weight is 433 g/mol. The van der Waals surface area contributed by atoms with E-state index in [4.69, 9.17) is 5.26 Å². The van der Waals surface area contributed by atoms with Gasteiger partial charge in [-0.25, -0.2) is 8.78 Å². The second kappa shape index (κ2) is 10.3. The van der Waals surface area contributed by atoms with E-state index in [0.29, 0.717) is 22.6 Å². The van der Waals surface area contributed by atoms with Gasteiger partial charge in [-0.2, -0.15) is 14.0 Å². The summed E-state index contributed by atoms with van der Waals surface area (Å²) in [7, 11) is 0. The zero-order chi connectivity index (χ0) is 22.4. The molecule has 0 atom stereocenters. The predicted octanol–water partition coefficient (Wildman–Crippen LogP) is 7.22. The van der Waals surface area contributed by atoms with Gasteiger partial charge in [0.2, 0.25) is 0 Å². The highest BCUT2D eigenvalue weighted by molar-refractivity contribution is 5.32. The first-order valence-corrected chi connectivity index (χ1v) is 10.8. The van der Waals surface area contributed by atoms with Crippen LogP contribution in [-0.2, 0) is 17.3 Å². The zero-order valence-corrected chi connectivity index (χ0v) is 17.6. The van der Waals surface area contributed by atoms with E-state index in [1.165, 1.54) is 0 Å². The zero-order valence-electron chi connectivity index (χ0n) is 17.6. The topological polar surface area (TPSA) is 33.0 Å². The van der Waals surface area contributed by atoms with Gasteiger partial charge in [-0.05, 0) is 79.3 Å². The van der Waals surface area contributed by atoms with Crippen molar-refractivity contribution in [2.24, 2.45) is 5.92 Å². The standard InChI is InChI=1S/C25H27F4NO/c1-2-3-17-8-10-20(11-9-17)21-14-22(26)24(23(27)15-21)25(28,29)31-13-12-18-4-6-19(16-30)7-5-18/h4-7,14-15,17,20H,2-3,8-13H2,1H3. The van der Waals surface area contributed by atoms with Gasteiger partial charge < -0.3 is 4.74 Å². The van der Waals surface area contributed by atoms with Crippen molar-refractivity contribution in [2.45, 2.75) is 63.9 Å². The van der Waals surface area contributed by atoms with Gasteiger partial charge in [0, 0.05) is 0 Å². The van der Waals surface area contributed by atoms with Crippen LogP contribution >= 0.6 is 0 Å². The SMILES string of the molecule is CCCC1CCC(c2cc(F)c(C(F)(F)OCCc3ccc(C#N)cc3)c(F)c2)CC1. The predicted molar refractivity (Wildman–Crippen MR) is 111 cm³/mol. The molecule has 2 aromatic rings. The molecule has 3 rings (SSSR count). The van der Waals surface area contributed by atoms with Gasteiger partial charge in [-0.1, -0.05) is 31.9 Å². The lowest BCUT2D eigenvalue weighted by atomic mass is 9.77. The summed E-state index contributed by atoms with van der Waals surface area (Å²) < 4.78 is 62.6. The molecule has 0 saturated heterocycles. The second-order valence-electron chi connectivity index (χ2n) is 8.29. The molecular weight excluding hydrogens is 406 g/mol. The lowest BCUT2D eigenvalue weighted by molar-refractivity contribution is -0.251. The Morgan fingerprint density at radius 2 is 1.65 bits per heavy atom. The van der Waals surface area contributed by atoms with E-state index in [-0.39, 0.29) is 12.3 Å². The van der Waals surface area contributed by atoms with Crippen LogP contribution in [0.25, 0.3) is 0 Å². The Kier molecular flexibility index (Phi) is 7.72. The number of benzene rings is 2. The van der Waals surface area contributed by atoms with Crippen molar-refractivity contribution in [3.05, 3.63) is 70.3 Å². The van der Waals surface area contributed by atoms with Crippen molar-refractivity contribution >= 4 is 0 Å². The van der Waals surface area contributed by atoms with Crippen LogP contribution in [0.15, 0.2) is 36.4 Å². The van der Waals surface area contributed by atoms with Crippen LogP contribution in [0.5, 0.6) is 0 Å². The smallest absolute Gasteiger partial charge is 0.316 e. The first-order chi connectivity index (χ1) is 14.8. The molecule has 0 aromatic heterocycles. The van der Waals surface area contributed by atoms with Crippen molar-refractivity contribution in [1.82, 2.24) is 0 Å². The van der Waals surface area contributed by atoms with Crippen molar-refractivity contribution in [1.29, 1.82) is 5.26 Å². The first-order valence-electron chi connectivity index (χ1n) is 10.8. The van der Waals surface area contributed by atoms with E-state index in [1.807, 2.05) is 6.07 Å². The number of alkyl halides is 2. The van der Waals surface area contributed by atoms with Crippen LogP contribution in [0.2, 0.25) is 0 Å². The van der Waals surface area contributed by atoms with Gasteiger partial charge in [0.1, 0.15) is 17.2 Å². The summed E-state index contributed by atoms with van der Waals surface area (Å²) >= 11 is 0. The van der Waals surface area contributed by atoms with Gasteiger partial charge in [-0.15, -0.1) is 0 Å². The van der Waals surface area contributed by atoms with Crippen molar-refractivity contribution in [3.8, 4) is 6.07 Å². The Morgan fingerprint density at radius 1 is 1.03 bits per heavy atom. The Balaban J connectivity index is 1.64. The molecule has 1 saturated carbocycles. The monoisotopic (exact) mass is 433 g/mol. The first kappa shape index (κ1) is 23.3. The Labute approximate surface area is 180 Å². The van der Waals surface area contributed by atoms with Crippen LogP contribution in [-0.4, -0.2) is 6.61 Å². The van der Waals surface area contributed by atoms with Gasteiger partial charge in [0.15, 0.2) is 0 Å². The van der Waals surface area contributed by atoms with Crippen LogP contribution in [0.4, 0.5) is 17.6 Å². The number of ether oxygens (including phenoxy) is 1. The molecular formula is C25H27F4NO. The summed E-state index contributed by atoms with van der Waals surface area (Å²) in [6, 6.07) is 10.5. The third-order valence-corrected chi connectivity index (χ3v) is 6.13. The summed E-state index contributed by atoms with van der Waals surface area (Å²) in [5, 5.41) is 8.78. The molecule has 0 unspecified atom stereocenters. The maximum Gasteiger partial charge on any atom is 0.389 e. The minimum Gasteiger partial charge on any atom is -0.316 e. The molecule has 0 heterocycles. The third kappa shape index (κ3) is 5.86. The fourth-order valence-corrected chi connectivity index (χ4v) is 4.41. The highest BCUT2D eigenvalue weighted by Crippen LogP contribution is 2.40. The Bertz CT molecular complexity index is 889. The molecule has 0 aliphatic heterocycles. The molecule has 2 nitrogen and oxygen atoms in total. The van der Waals surface area contributed by atoms with Crippen LogP contribution in [0, 0.1) is 28.9 Å². The second-order valence-corrected chi connectivity index (χ2v) is 8.29. The lowest BCUT2D eigenvalue weighted by Gasteiger charge is -2.29. The number of nitriles is 1. The Morgan fingerprint density at radius 3 is 2.19 bits per heavy atom.